The van der Waals surface area contributed by atoms with Crippen LogP contribution in [-0.4, -0.2) is 43.1 Å². The van der Waals surface area contributed by atoms with Crippen molar-refractivity contribution in [2.24, 2.45) is 5.73 Å². The normalized spacial score (nSPS) is 16.5. The zero-order chi connectivity index (χ0) is 14.4. The topological polar surface area (TPSA) is 84.7 Å². The first kappa shape index (κ1) is 14.3. The minimum Gasteiger partial charge on any atom is -0.441 e. The van der Waals surface area contributed by atoms with E-state index >= 15 is 0 Å². The van der Waals surface area contributed by atoms with Gasteiger partial charge in [0.1, 0.15) is 6.10 Å². The summed E-state index contributed by atoms with van der Waals surface area (Å²) < 4.78 is 5.07. The minimum absolute atomic E-state index is 0.0263. The molecule has 1 atom stereocenters. The molecule has 3 N–H and O–H groups in total. The van der Waals surface area contributed by atoms with Crippen LogP contribution in [0.25, 0.3) is 0 Å². The number of rotatable bonds is 4. The van der Waals surface area contributed by atoms with Gasteiger partial charge >= 0.3 is 6.09 Å². The van der Waals surface area contributed by atoms with Gasteiger partial charge in [-0.15, -0.1) is 0 Å². The number of ether oxygens (including phenoxy) is 1. The van der Waals surface area contributed by atoms with Crippen molar-refractivity contribution in [2.75, 3.05) is 26.2 Å². The lowest BCUT2D eigenvalue weighted by Crippen LogP contribution is -2.46. The van der Waals surface area contributed by atoms with Crippen LogP contribution in [0.3, 0.4) is 0 Å². The van der Waals surface area contributed by atoms with Gasteiger partial charge in [0.25, 0.3) is 0 Å². The van der Waals surface area contributed by atoms with E-state index in [0.29, 0.717) is 13.1 Å². The van der Waals surface area contributed by atoms with Crippen LogP contribution in [0, 0.1) is 0 Å². The summed E-state index contributed by atoms with van der Waals surface area (Å²) in [5.74, 6) is -0.0263. The number of hydrogen-bond acceptors (Lipinski definition) is 4. The van der Waals surface area contributed by atoms with Crippen molar-refractivity contribution in [3.8, 4) is 0 Å². The van der Waals surface area contributed by atoms with Gasteiger partial charge in [-0.2, -0.15) is 0 Å². The summed E-state index contributed by atoms with van der Waals surface area (Å²) in [5, 5.41) is 3.19. The molecule has 0 radical (unpaired) electrons. The molecule has 108 valence electrons. The van der Waals surface area contributed by atoms with Gasteiger partial charge in [0, 0.05) is 26.2 Å². The summed E-state index contributed by atoms with van der Waals surface area (Å²) in [6.07, 6.45) is -1.38. The molecule has 6 nitrogen and oxygen atoms in total. The number of hydrogen-bond donors (Lipinski definition) is 2. The molecule has 1 fully saturated rings. The highest BCUT2D eigenvalue weighted by Gasteiger charge is 2.23. The van der Waals surface area contributed by atoms with E-state index in [0.717, 1.165) is 18.7 Å². The van der Waals surface area contributed by atoms with E-state index in [9.17, 15) is 9.59 Å². The Kier molecular flexibility index (Phi) is 4.95. The highest BCUT2D eigenvalue weighted by Crippen LogP contribution is 2.22. The van der Waals surface area contributed by atoms with Crippen LogP contribution in [0.4, 0.5) is 4.79 Å². The molecule has 1 aromatic carbocycles. The van der Waals surface area contributed by atoms with Crippen molar-refractivity contribution < 1.29 is 14.3 Å². The number of nitrogens with two attached hydrogens (primary N) is 1. The van der Waals surface area contributed by atoms with Crippen molar-refractivity contribution in [3.63, 3.8) is 0 Å². The molecule has 1 aromatic rings. The molecule has 2 rings (SSSR count). The maximum Gasteiger partial charge on any atom is 0.405 e. The van der Waals surface area contributed by atoms with E-state index in [2.05, 4.69) is 5.32 Å². The molecule has 1 heterocycles. The fourth-order valence-corrected chi connectivity index (χ4v) is 2.24. The zero-order valence-corrected chi connectivity index (χ0v) is 11.2. The highest BCUT2D eigenvalue weighted by molar-refractivity contribution is 5.77. The summed E-state index contributed by atoms with van der Waals surface area (Å²) in [6.45, 7) is 2.94. The fourth-order valence-electron chi connectivity index (χ4n) is 2.24. The second-order valence-electron chi connectivity index (χ2n) is 4.67. The van der Waals surface area contributed by atoms with Gasteiger partial charge in [-0.3, -0.25) is 4.79 Å². The SMILES string of the molecule is NC(=O)OC(CC(=O)N1CCNCC1)c1ccccc1. The second kappa shape index (κ2) is 6.91. The lowest BCUT2D eigenvalue weighted by molar-refractivity contribution is -0.133. The Labute approximate surface area is 117 Å². The molecule has 1 unspecified atom stereocenters. The van der Waals surface area contributed by atoms with Crippen LogP contribution < -0.4 is 11.1 Å². The number of nitrogens with zero attached hydrogens (tertiary/aromatic N) is 1. The molecule has 20 heavy (non-hydrogen) atoms. The molecule has 0 aliphatic carbocycles. The molecule has 1 saturated heterocycles. The van der Waals surface area contributed by atoms with Gasteiger partial charge in [-0.05, 0) is 5.56 Å². The number of carbonyl (C=O) groups is 2. The van der Waals surface area contributed by atoms with Crippen molar-refractivity contribution in [2.45, 2.75) is 12.5 Å². The Balaban J connectivity index is 2.03. The molecule has 0 aromatic heterocycles. The maximum atomic E-state index is 12.2. The van der Waals surface area contributed by atoms with Crippen molar-refractivity contribution in [1.29, 1.82) is 0 Å². The van der Waals surface area contributed by atoms with Crippen molar-refractivity contribution >= 4 is 12.0 Å². The second-order valence-corrected chi connectivity index (χ2v) is 4.67. The Morgan fingerprint density at radius 3 is 2.50 bits per heavy atom. The first-order valence-electron chi connectivity index (χ1n) is 6.66. The number of amides is 2. The standard InChI is InChI=1S/C14H19N3O3/c15-14(19)20-12(11-4-2-1-3-5-11)10-13(18)17-8-6-16-7-9-17/h1-5,12,16H,6-10H2,(H2,15,19). The predicted molar refractivity (Wildman–Crippen MR) is 73.9 cm³/mol. The lowest BCUT2D eigenvalue weighted by atomic mass is 10.1. The summed E-state index contributed by atoms with van der Waals surface area (Å²) in [7, 11) is 0. The summed E-state index contributed by atoms with van der Waals surface area (Å²) in [5.41, 5.74) is 5.86. The van der Waals surface area contributed by atoms with Gasteiger partial charge in [0.05, 0.1) is 6.42 Å². The summed E-state index contributed by atoms with van der Waals surface area (Å²) in [4.78, 5) is 25.0. The van der Waals surface area contributed by atoms with Crippen LogP contribution in [0.2, 0.25) is 0 Å². The molecular formula is C14H19N3O3. The molecular weight excluding hydrogens is 258 g/mol. The van der Waals surface area contributed by atoms with E-state index in [1.54, 1.807) is 4.90 Å². The Morgan fingerprint density at radius 2 is 1.90 bits per heavy atom. The molecule has 0 saturated carbocycles. The lowest BCUT2D eigenvalue weighted by Gasteiger charge is -2.29. The molecule has 0 spiro atoms. The van der Waals surface area contributed by atoms with E-state index in [1.807, 2.05) is 30.3 Å². The molecule has 1 aliphatic rings. The Morgan fingerprint density at radius 1 is 1.25 bits per heavy atom. The molecule has 1 aliphatic heterocycles. The maximum absolute atomic E-state index is 12.2. The summed E-state index contributed by atoms with van der Waals surface area (Å²) >= 11 is 0. The first-order valence-corrected chi connectivity index (χ1v) is 6.66. The highest BCUT2D eigenvalue weighted by atomic mass is 16.6. The third-order valence-electron chi connectivity index (χ3n) is 3.26. The monoisotopic (exact) mass is 277 g/mol. The zero-order valence-electron chi connectivity index (χ0n) is 11.2. The van der Waals surface area contributed by atoms with E-state index in [-0.39, 0.29) is 12.3 Å². The van der Waals surface area contributed by atoms with E-state index < -0.39 is 12.2 Å². The molecule has 2 amide bonds. The van der Waals surface area contributed by atoms with Crippen LogP contribution in [-0.2, 0) is 9.53 Å². The predicted octanol–water partition coefficient (Wildman–Crippen LogP) is 0.645. The third kappa shape index (κ3) is 3.96. The molecule has 0 bridgehead atoms. The first-order chi connectivity index (χ1) is 9.66. The number of primary amides is 1. The van der Waals surface area contributed by atoms with Crippen molar-refractivity contribution in [3.05, 3.63) is 35.9 Å². The summed E-state index contributed by atoms with van der Waals surface area (Å²) in [6, 6.07) is 9.17. The van der Waals surface area contributed by atoms with Gasteiger partial charge in [-0.25, -0.2) is 4.79 Å². The van der Waals surface area contributed by atoms with Crippen LogP contribution in [0.5, 0.6) is 0 Å². The van der Waals surface area contributed by atoms with Crippen LogP contribution >= 0.6 is 0 Å². The number of benzene rings is 1. The average molecular weight is 277 g/mol. The number of nitrogens with one attached hydrogen (secondary N) is 1. The number of piperazine rings is 1. The van der Waals surface area contributed by atoms with E-state index in [4.69, 9.17) is 10.5 Å². The van der Waals surface area contributed by atoms with Gasteiger partial charge in [0.2, 0.25) is 5.91 Å². The van der Waals surface area contributed by atoms with Gasteiger partial charge in [-0.1, -0.05) is 30.3 Å². The van der Waals surface area contributed by atoms with Crippen LogP contribution in [0.1, 0.15) is 18.1 Å². The Hall–Kier alpha value is -2.08. The van der Waals surface area contributed by atoms with Gasteiger partial charge < -0.3 is 20.7 Å². The minimum atomic E-state index is -0.869. The Bertz CT molecular complexity index is 458. The number of carbonyl (C=O) groups excluding carboxylic acids is 2. The third-order valence-corrected chi connectivity index (χ3v) is 3.26. The molecule has 6 heteroatoms. The quantitative estimate of drug-likeness (QED) is 0.846. The van der Waals surface area contributed by atoms with Crippen LogP contribution in [0.15, 0.2) is 30.3 Å². The smallest absolute Gasteiger partial charge is 0.405 e. The fraction of sp³-hybridized carbons (Fsp3) is 0.429. The van der Waals surface area contributed by atoms with Gasteiger partial charge in [0.15, 0.2) is 0 Å². The van der Waals surface area contributed by atoms with Crippen molar-refractivity contribution in [1.82, 2.24) is 10.2 Å². The van der Waals surface area contributed by atoms with E-state index in [1.165, 1.54) is 0 Å². The average Bonchev–Trinajstić information content (AvgIpc) is 2.48. The largest absolute Gasteiger partial charge is 0.441 e.